The third-order valence-electron chi connectivity index (χ3n) is 2.78. The summed E-state index contributed by atoms with van der Waals surface area (Å²) in [5.74, 6) is 1.64. The van der Waals surface area contributed by atoms with E-state index in [1.165, 1.54) is 11.1 Å². The average molecular weight is 259 g/mol. The van der Waals surface area contributed by atoms with Gasteiger partial charge in [-0.25, -0.2) is 0 Å². The molecule has 0 aliphatic rings. The van der Waals surface area contributed by atoms with Crippen LogP contribution in [-0.2, 0) is 11.8 Å². The highest BCUT2D eigenvalue weighted by atomic mass is 35.5. The summed E-state index contributed by atoms with van der Waals surface area (Å²) in [4.78, 5) is 0. The highest BCUT2D eigenvalue weighted by Crippen LogP contribution is 2.23. The van der Waals surface area contributed by atoms with Crippen molar-refractivity contribution >= 4 is 23.2 Å². The van der Waals surface area contributed by atoms with Gasteiger partial charge in [0.15, 0.2) is 0 Å². The van der Waals surface area contributed by atoms with E-state index in [9.17, 15) is 0 Å². The van der Waals surface area contributed by atoms with Gasteiger partial charge < -0.3 is 0 Å². The van der Waals surface area contributed by atoms with Crippen molar-refractivity contribution in [2.75, 3.05) is 11.8 Å². The first-order valence-electron chi connectivity index (χ1n) is 5.68. The van der Waals surface area contributed by atoms with Crippen molar-refractivity contribution in [1.82, 2.24) is 0 Å². The monoisotopic (exact) mass is 258 g/mol. The molecular formula is C14H20Cl2. The van der Waals surface area contributed by atoms with E-state index in [1.54, 1.807) is 0 Å². The van der Waals surface area contributed by atoms with Crippen molar-refractivity contribution < 1.29 is 0 Å². The summed E-state index contributed by atoms with van der Waals surface area (Å²) in [5, 5.41) is 0. The molecule has 1 aromatic carbocycles. The lowest BCUT2D eigenvalue weighted by Crippen LogP contribution is -2.12. The Morgan fingerprint density at radius 1 is 1.00 bits per heavy atom. The van der Waals surface area contributed by atoms with Crippen LogP contribution in [0.1, 0.15) is 31.9 Å². The van der Waals surface area contributed by atoms with Gasteiger partial charge in [0.25, 0.3) is 0 Å². The van der Waals surface area contributed by atoms with Crippen LogP contribution in [0.5, 0.6) is 0 Å². The molecule has 2 heteroatoms. The molecule has 0 aromatic heterocycles. The van der Waals surface area contributed by atoms with Gasteiger partial charge in [-0.05, 0) is 28.9 Å². The molecular weight excluding hydrogens is 239 g/mol. The summed E-state index contributed by atoms with van der Waals surface area (Å²) in [5.41, 5.74) is 2.90. The van der Waals surface area contributed by atoms with Crippen LogP contribution in [0.3, 0.4) is 0 Å². The lowest BCUT2D eigenvalue weighted by molar-refractivity contribution is 0.589. The third kappa shape index (κ3) is 3.99. The standard InChI is InChI=1S/C14H20Cl2/c1-14(2,3)13-6-4-11(5-7-13)8-12(9-15)10-16/h4-7,12H,8-10H2,1-3H3. The van der Waals surface area contributed by atoms with Crippen LogP contribution in [0, 0.1) is 5.92 Å². The molecule has 0 fully saturated rings. The second-order valence-corrected chi connectivity index (χ2v) is 5.94. The van der Waals surface area contributed by atoms with Gasteiger partial charge in [0.1, 0.15) is 0 Å². The Labute approximate surface area is 109 Å². The van der Waals surface area contributed by atoms with E-state index in [0.29, 0.717) is 17.7 Å². The molecule has 1 rings (SSSR count). The molecule has 0 saturated carbocycles. The van der Waals surface area contributed by atoms with Crippen molar-refractivity contribution in [3.05, 3.63) is 35.4 Å². The number of rotatable bonds is 4. The molecule has 0 bridgehead atoms. The zero-order valence-corrected chi connectivity index (χ0v) is 11.8. The Balaban J connectivity index is 2.72. The first-order chi connectivity index (χ1) is 7.47. The van der Waals surface area contributed by atoms with Crippen molar-refractivity contribution in [2.45, 2.75) is 32.6 Å². The lowest BCUT2D eigenvalue weighted by Gasteiger charge is -2.19. The van der Waals surface area contributed by atoms with E-state index in [1.807, 2.05) is 0 Å². The third-order valence-corrected chi connectivity index (χ3v) is 3.65. The Morgan fingerprint density at radius 2 is 1.50 bits per heavy atom. The van der Waals surface area contributed by atoms with Crippen LogP contribution in [0.15, 0.2) is 24.3 Å². The lowest BCUT2D eigenvalue weighted by atomic mass is 9.86. The van der Waals surface area contributed by atoms with E-state index in [0.717, 1.165) is 6.42 Å². The Kier molecular flexibility index (Phi) is 5.14. The van der Waals surface area contributed by atoms with Gasteiger partial charge in [0, 0.05) is 11.8 Å². The summed E-state index contributed by atoms with van der Waals surface area (Å²) in [6.45, 7) is 6.67. The molecule has 0 unspecified atom stereocenters. The van der Waals surface area contributed by atoms with Gasteiger partial charge in [-0.2, -0.15) is 0 Å². The first kappa shape index (κ1) is 13.9. The van der Waals surface area contributed by atoms with Gasteiger partial charge in [-0.3, -0.25) is 0 Å². The summed E-state index contributed by atoms with van der Waals surface area (Å²) < 4.78 is 0. The molecule has 0 aliphatic carbocycles. The number of hydrogen-bond donors (Lipinski definition) is 0. The van der Waals surface area contributed by atoms with E-state index in [4.69, 9.17) is 23.2 Å². The summed E-state index contributed by atoms with van der Waals surface area (Å²) >= 11 is 11.7. The smallest absolute Gasteiger partial charge is 0.0266 e. The van der Waals surface area contributed by atoms with Crippen LogP contribution < -0.4 is 0 Å². The molecule has 1 aromatic rings. The number of halogens is 2. The molecule has 0 saturated heterocycles. The Morgan fingerprint density at radius 3 is 1.88 bits per heavy atom. The fraction of sp³-hybridized carbons (Fsp3) is 0.571. The predicted octanol–water partition coefficient (Wildman–Crippen LogP) is 4.62. The van der Waals surface area contributed by atoms with Crippen molar-refractivity contribution in [3.63, 3.8) is 0 Å². The predicted molar refractivity (Wildman–Crippen MR) is 73.8 cm³/mol. The maximum absolute atomic E-state index is 5.84. The van der Waals surface area contributed by atoms with Gasteiger partial charge in [0.2, 0.25) is 0 Å². The van der Waals surface area contributed by atoms with Crippen molar-refractivity contribution in [3.8, 4) is 0 Å². The molecule has 0 radical (unpaired) electrons. The summed E-state index contributed by atoms with van der Waals surface area (Å²) in [6.07, 6.45) is 0.970. The van der Waals surface area contributed by atoms with Crippen LogP contribution in [-0.4, -0.2) is 11.8 Å². The summed E-state index contributed by atoms with van der Waals surface area (Å²) in [7, 11) is 0. The quantitative estimate of drug-likeness (QED) is 0.692. The molecule has 0 amide bonds. The molecule has 0 nitrogen and oxygen atoms in total. The molecule has 0 spiro atoms. The molecule has 0 N–H and O–H groups in total. The van der Waals surface area contributed by atoms with E-state index in [2.05, 4.69) is 45.0 Å². The minimum Gasteiger partial charge on any atom is -0.126 e. The van der Waals surface area contributed by atoms with Crippen LogP contribution in [0.4, 0.5) is 0 Å². The fourth-order valence-electron chi connectivity index (χ4n) is 1.62. The topological polar surface area (TPSA) is 0 Å². The van der Waals surface area contributed by atoms with Gasteiger partial charge in [0.05, 0.1) is 0 Å². The van der Waals surface area contributed by atoms with Crippen molar-refractivity contribution in [2.24, 2.45) is 5.92 Å². The average Bonchev–Trinajstić information content (AvgIpc) is 2.25. The van der Waals surface area contributed by atoms with E-state index < -0.39 is 0 Å². The van der Waals surface area contributed by atoms with Crippen LogP contribution in [0.2, 0.25) is 0 Å². The fourth-order valence-corrected chi connectivity index (χ4v) is 2.17. The second kappa shape index (κ2) is 5.93. The van der Waals surface area contributed by atoms with Crippen molar-refractivity contribution in [1.29, 1.82) is 0 Å². The number of hydrogen-bond acceptors (Lipinski definition) is 0. The second-order valence-electron chi connectivity index (χ2n) is 5.33. The highest BCUT2D eigenvalue weighted by Gasteiger charge is 2.13. The minimum atomic E-state index is 0.219. The summed E-state index contributed by atoms with van der Waals surface area (Å²) in [6, 6.07) is 8.78. The minimum absolute atomic E-state index is 0.219. The van der Waals surface area contributed by atoms with E-state index in [-0.39, 0.29) is 5.41 Å². The number of alkyl halides is 2. The zero-order chi connectivity index (χ0) is 12.2. The number of benzene rings is 1. The molecule has 0 heterocycles. The SMILES string of the molecule is CC(C)(C)c1ccc(CC(CCl)CCl)cc1. The van der Waals surface area contributed by atoms with E-state index >= 15 is 0 Å². The first-order valence-corrected chi connectivity index (χ1v) is 6.75. The van der Waals surface area contributed by atoms with Crippen LogP contribution in [0.25, 0.3) is 0 Å². The Bertz CT molecular complexity index is 305. The largest absolute Gasteiger partial charge is 0.126 e. The molecule has 0 aliphatic heterocycles. The maximum atomic E-state index is 5.84. The highest BCUT2D eigenvalue weighted by molar-refractivity contribution is 6.20. The molecule has 16 heavy (non-hydrogen) atoms. The zero-order valence-electron chi connectivity index (χ0n) is 10.3. The van der Waals surface area contributed by atoms with Gasteiger partial charge in [-0.1, -0.05) is 45.0 Å². The maximum Gasteiger partial charge on any atom is 0.0266 e. The normalized spacial score (nSPS) is 12.1. The van der Waals surface area contributed by atoms with Gasteiger partial charge in [-0.15, -0.1) is 23.2 Å². The van der Waals surface area contributed by atoms with Gasteiger partial charge >= 0.3 is 0 Å². The van der Waals surface area contributed by atoms with Crippen LogP contribution >= 0.6 is 23.2 Å². The Hall–Kier alpha value is -0.200. The molecule has 90 valence electrons. The molecule has 0 atom stereocenters.